The van der Waals surface area contributed by atoms with E-state index in [0.717, 1.165) is 22.3 Å². The van der Waals surface area contributed by atoms with Gasteiger partial charge in [-0.1, -0.05) is 48.5 Å². The Hall–Kier alpha value is -3.43. The number of carboxylic acid groups (broad SMARTS) is 1. The maximum absolute atomic E-state index is 13.1. The largest absolute Gasteiger partial charge is 0.480 e. The van der Waals surface area contributed by atoms with Crippen molar-refractivity contribution in [2.45, 2.75) is 30.3 Å². The third kappa shape index (κ3) is 4.76. The van der Waals surface area contributed by atoms with Gasteiger partial charge in [-0.15, -0.1) is 0 Å². The number of carboxylic acids is 1. The van der Waals surface area contributed by atoms with Gasteiger partial charge in [0.25, 0.3) is 0 Å². The fourth-order valence-corrected chi connectivity index (χ4v) is 4.60. The van der Waals surface area contributed by atoms with Gasteiger partial charge in [-0.05, 0) is 22.3 Å². The van der Waals surface area contributed by atoms with E-state index in [0.29, 0.717) is 0 Å². The predicted molar refractivity (Wildman–Crippen MR) is 122 cm³/mol. The number of hydrogen-bond donors (Lipinski definition) is 3. The van der Waals surface area contributed by atoms with Crippen LogP contribution >= 0.6 is 0 Å². The van der Waals surface area contributed by atoms with Crippen molar-refractivity contribution in [2.24, 2.45) is 0 Å². The number of fused-ring (bicyclic) bond motifs is 3. The maximum Gasteiger partial charge on any atom is 0.408 e. The summed E-state index contributed by atoms with van der Waals surface area (Å²) in [4.78, 5) is 37.4. The van der Waals surface area contributed by atoms with Crippen LogP contribution in [0.5, 0.6) is 0 Å². The molecule has 1 saturated heterocycles. The zero-order chi connectivity index (χ0) is 24.1. The molecule has 2 aromatic carbocycles. The van der Waals surface area contributed by atoms with E-state index in [1.807, 2.05) is 36.4 Å². The second-order valence-electron chi connectivity index (χ2n) is 8.46. The van der Waals surface area contributed by atoms with Gasteiger partial charge in [-0.2, -0.15) is 0 Å². The third-order valence-electron chi connectivity index (χ3n) is 6.40. The summed E-state index contributed by atoms with van der Waals surface area (Å²) < 4.78 is 15.9. The minimum atomic E-state index is -1.33. The van der Waals surface area contributed by atoms with Crippen molar-refractivity contribution in [2.75, 3.05) is 33.5 Å². The molecule has 34 heavy (non-hydrogen) atoms. The molecule has 180 valence electrons. The molecule has 1 aliphatic heterocycles. The minimum Gasteiger partial charge on any atom is -0.480 e. The van der Waals surface area contributed by atoms with Crippen molar-refractivity contribution in [1.29, 1.82) is 0 Å². The van der Waals surface area contributed by atoms with E-state index in [4.69, 9.17) is 14.2 Å². The monoisotopic (exact) mass is 468 g/mol. The van der Waals surface area contributed by atoms with Crippen molar-refractivity contribution >= 4 is 18.0 Å². The molecule has 0 radical (unpaired) electrons. The minimum absolute atomic E-state index is 0.107. The van der Waals surface area contributed by atoms with Crippen molar-refractivity contribution in [3.05, 3.63) is 59.7 Å². The van der Waals surface area contributed by atoms with E-state index in [1.165, 1.54) is 7.11 Å². The molecule has 0 saturated carbocycles. The quantitative estimate of drug-likeness (QED) is 0.543. The van der Waals surface area contributed by atoms with E-state index < -0.39 is 29.6 Å². The van der Waals surface area contributed by atoms with Crippen LogP contribution in [0.2, 0.25) is 0 Å². The Kier molecular flexibility index (Phi) is 7.14. The van der Waals surface area contributed by atoms with E-state index in [9.17, 15) is 19.5 Å². The maximum atomic E-state index is 13.1. The Balaban J connectivity index is 1.46. The highest BCUT2D eigenvalue weighted by Crippen LogP contribution is 2.44. The van der Waals surface area contributed by atoms with Crippen molar-refractivity contribution in [3.8, 4) is 11.1 Å². The van der Waals surface area contributed by atoms with Gasteiger partial charge < -0.3 is 30.0 Å². The Bertz CT molecular complexity index is 1020. The first kappa shape index (κ1) is 23.7. The number of benzene rings is 2. The van der Waals surface area contributed by atoms with Crippen LogP contribution in [-0.2, 0) is 23.8 Å². The molecule has 1 fully saturated rings. The van der Waals surface area contributed by atoms with Gasteiger partial charge >= 0.3 is 12.1 Å². The molecule has 0 spiro atoms. The number of rotatable bonds is 8. The first-order chi connectivity index (χ1) is 16.4. The molecular formula is C25H28N2O7. The van der Waals surface area contributed by atoms with Gasteiger partial charge in [0.05, 0.1) is 6.61 Å². The number of aliphatic carboxylic acids is 1. The molecule has 2 aliphatic rings. The van der Waals surface area contributed by atoms with Gasteiger partial charge in [-0.25, -0.2) is 9.59 Å². The van der Waals surface area contributed by atoms with Crippen LogP contribution in [0, 0.1) is 0 Å². The summed E-state index contributed by atoms with van der Waals surface area (Å²) in [5, 5.41) is 14.5. The lowest BCUT2D eigenvalue weighted by Gasteiger charge is -2.36. The molecule has 9 nitrogen and oxygen atoms in total. The topological polar surface area (TPSA) is 123 Å². The summed E-state index contributed by atoms with van der Waals surface area (Å²) >= 11 is 0. The summed E-state index contributed by atoms with van der Waals surface area (Å²) in [5.41, 5.74) is 3.07. The zero-order valence-corrected chi connectivity index (χ0v) is 18.9. The number of ether oxygens (including phenoxy) is 3. The summed E-state index contributed by atoms with van der Waals surface area (Å²) in [5.74, 6) is -1.94. The highest BCUT2D eigenvalue weighted by atomic mass is 16.5. The molecule has 1 unspecified atom stereocenters. The van der Waals surface area contributed by atoms with Gasteiger partial charge in [-0.3, -0.25) is 4.79 Å². The summed E-state index contributed by atoms with van der Waals surface area (Å²) in [6.07, 6.45) is -0.345. The molecule has 2 amide bonds. The zero-order valence-electron chi connectivity index (χ0n) is 18.9. The highest BCUT2D eigenvalue weighted by molar-refractivity contribution is 5.93. The second-order valence-corrected chi connectivity index (χ2v) is 8.46. The molecule has 3 N–H and O–H groups in total. The molecule has 1 aliphatic carbocycles. The fraction of sp³-hybridized carbons (Fsp3) is 0.400. The molecule has 0 aromatic heterocycles. The summed E-state index contributed by atoms with van der Waals surface area (Å²) in [6, 6.07) is 14.8. The van der Waals surface area contributed by atoms with Crippen LogP contribution in [0.15, 0.2) is 48.5 Å². The van der Waals surface area contributed by atoms with Crippen molar-refractivity contribution < 1.29 is 33.7 Å². The van der Waals surface area contributed by atoms with Gasteiger partial charge in [0.15, 0.2) is 6.04 Å². The Labute approximate surface area is 197 Å². The first-order valence-electron chi connectivity index (χ1n) is 11.2. The molecular weight excluding hydrogens is 440 g/mol. The van der Waals surface area contributed by atoms with Gasteiger partial charge in [0.2, 0.25) is 5.91 Å². The lowest BCUT2D eigenvalue weighted by molar-refractivity contribution is -0.145. The number of amides is 2. The summed E-state index contributed by atoms with van der Waals surface area (Å²) in [7, 11) is 1.35. The smallest absolute Gasteiger partial charge is 0.408 e. The fourth-order valence-electron chi connectivity index (χ4n) is 4.60. The normalized spacial score (nSPS) is 17.2. The van der Waals surface area contributed by atoms with E-state index >= 15 is 0 Å². The standard InChI is InChI=1S/C25H28N2O7/c1-32-15-21(22(28)29)26-23(30)25(10-12-33-13-11-25)27-24(31)34-14-20-18-8-4-2-6-16(18)17-7-3-5-9-19(17)20/h2-9,20-21H,10-15H2,1H3,(H,26,30)(H,27,31)(H,28,29). The number of carbonyl (C=O) groups excluding carboxylic acids is 2. The number of nitrogens with one attached hydrogen (secondary N) is 2. The average molecular weight is 469 g/mol. The van der Waals surface area contributed by atoms with Crippen LogP contribution in [0.4, 0.5) is 4.79 Å². The first-order valence-corrected chi connectivity index (χ1v) is 11.2. The second kappa shape index (κ2) is 10.2. The Morgan fingerprint density at radius 2 is 1.65 bits per heavy atom. The van der Waals surface area contributed by atoms with E-state index in [2.05, 4.69) is 22.8 Å². The molecule has 1 atom stereocenters. The van der Waals surface area contributed by atoms with Crippen LogP contribution in [0.25, 0.3) is 11.1 Å². The molecule has 0 bridgehead atoms. The van der Waals surface area contributed by atoms with Crippen LogP contribution in [0.3, 0.4) is 0 Å². The molecule has 4 rings (SSSR count). The average Bonchev–Trinajstić information content (AvgIpc) is 3.16. The van der Waals surface area contributed by atoms with Crippen LogP contribution in [-0.4, -0.2) is 68.2 Å². The number of methoxy groups -OCH3 is 1. The molecule has 9 heteroatoms. The van der Waals surface area contributed by atoms with Crippen LogP contribution < -0.4 is 10.6 Å². The molecule has 1 heterocycles. The lowest BCUT2D eigenvalue weighted by Crippen LogP contribution is -2.63. The Morgan fingerprint density at radius 3 is 2.21 bits per heavy atom. The number of carbonyl (C=O) groups is 3. The van der Waals surface area contributed by atoms with Crippen LogP contribution in [0.1, 0.15) is 29.9 Å². The summed E-state index contributed by atoms with van der Waals surface area (Å²) in [6.45, 7) is 0.409. The van der Waals surface area contributed by atoms with E-state index in [-0.39, 0.29) is 45.2 Å². The predicted octanol–water partition coefficient (Wildman–Crippen LogP) is 2.29. The van der Waals surface area contributed by atoms with Gasteiger partial charge in [0, 0.05) is 39.1 Å². The van der Waals surface area contributed by atoms with Gasteiger partial charge in [0.1, 0.15) is 12.1 Å². The third-order valence-corrected chi connectivity index (χ3v) is 6.40. The SMILES string of the molecule is COCC(NC(=O)C1(NC(=O)OCC2c3ccccc3-c3ccccc32)CCOCC1)C(=O)O. The Morgan fingerprint density at radius 1 is 1.06 bits per heavy atom. The van der Waals surface area contributed by atoms with Crippen molar-refractivity contribution in [1.82, 2.24) is 10.6 Å². The van der Waals surface area contributed by atoms with E-state index in [1.54, 1.807) is 0 Å². The number of alkyl carbamates (subject to hydrolysis) is 1. The lowest BCUT2D eigenvalue weighted by atomic mass is 9.88. The molecule has 2 aromatic rings. The number of hydrogen-bond acceptors (Lipinski definition) is 6. The van der Waals surface area contributed by atoms with Crippen molar-refractivity contribution in [3.63, 3.8) is 0 Å². The highest BCUT2D eigenvalue weighted by Gasteiger charge is 2.43.